The summed E-state index contributed by atoms with van der Waals surface area (Å²) in [4.78, 5) is 25.8. The molecular weight excluding hydrogens is 286 g/mol. The van der Waals surface area contributed by atoms with Crippen molar-refractivity contribution in [3.05, 3.63) is 52.6 Å². The summed E-state index contributed by atoms with van der Waals surface area (Å²) in [5.41, 5.74) is 7.10. The molecule has 1 aliphatic rings. The minimum absolute atomic E-state index is 0.0108. The van der Waals surface area contributed by atoms with Gasteiger partial charge in [-0.1, -0.05) is 31.2 Å². The summed E-state index contributed by atoms with van der Waals surface area (Å²) in [6.45, 7) is 1.95. The van der Waals surface area contributed by atoms with Crippen molar-refractivity contribution in [2.24, 2.45) is 0 Å². The number of benzene rings is 2. The van der Waals surface area contributed by atoms with Crippen LogP contribution in [-0.4, -0.2) is 22.4 Å². The maximum atomic E-state index is 12.6. The van der Waals surface area contributed by atoms with E-state index in [1.54, 1.807) is 24.3 Å². The van der Waals surface area contributed by atoms with Gasteiger partial charge in [0.15, 0.2) is 11.6 Å². The zero-order valence-corrected chi connectivity index (χ0v) is 12.2. The van der Waals surface area contributed by atoms with E-state index in [0.29, 0.717) is 16.0 Å². The quantitative estimate of drug-likeness (QED) is 0.432. The third-order valence-electron chi connectivity index (χ3n) is 3.48. The molecule has 0 saturated carbocycles. The lowest BCUT2D eigenvalue weighted by Crippen LogP contribution is -2.22. The van der Waals surface area contributed by atoms with Gasteiger partial charge in [0.1, 0.15) is 5.75 Å². The molecule has 0 radical (unpaired) electrons. The van der Waals surface area contributed by atoms with Crippen molar-refractivity contribution in [2.45, 2.75) is 11.8 Å². The Hall–Kier alpha value is -2.27. The number of hydrogen-bond donors (Lipinski definition) is 2. The molecule has 0 fully saturated rings. The Bertz CT molecular complexity index is 783. The van der Waals surface area contributed by atoms with E-state index in [4.69, 9.17) is 5.73 Å². The second-order valence-corrected chi connectivity index (χ2v) is 6.00. The van der Waals surface area contributed by atoms with E-state index >= 15 is 0 Å². The summed E-state index contributed by atoms with van der Waals surface area (Å²) < 4.78 is 0. The summed E-state index contributed by atoms with van der Waals surface area (Å²) in [7, 11) is 0. The SMILES string of the molecule is CCSc1cc(O)c2c(c1N)C(=O)c1ccccc1C2=O. The fourth-order valence-corrected chi connectivity index (χ4v) is 3.31. The lowest BCUT2D eigenvalue weighted by molar-refractivity contribution is 0.0977. The highest BCUT2D eigenvalue weighted by atomic mass is 32.2. The van der Waals surface area contributed by atoms with Gasteiger partial charge in [-0.3, -0.25) is 9.59 Å². The number of carbonyl (C=O) groups is 2. The number of anilines is 1. The fourth-order valence-electron chi connectivity index (χ4n) is 2.55. The largest absolute Gasteiger partial charge is 0.507 e. The molecule has 5 heteroatoms. The number of fused-ring (bicyclic) bond motifs is 2. The smallest absolute Gasteiger partial charge is 0.198 e. The normalized spacial score (nSPS) is 13.0. The molecule has 4 nitrogen and oxygen atoms in total. The lowest BCUT2D eigenvalue weighted by Gasteiger charge is -2.21. The Labute approximate surface area is 126 Å². The predicted molar refractivity (Wildman–Crippen MR) is 82.2 cm³/mol. The van der Waals surface area contributed by atoms with Crippen LogP contribution in [0.2, 0.25) is 0 Å². The van der Waals surface area contributed by atoms with Crippen LogP contribution in [0.4, 0.5) is 5.69 Å². The molecule has 0 unspecified atom stereocenters. The van der Waals surface area contributed by atoms with E-state index in [0.717, 1.165) is 5.75 Å². The summed E-state index contributed by atoms with van der Waals surface area (Å²) in [6.07, 6.45) is 0. The highest BCUT2D eigenvalue weighted by molar-refractivity contribution is 7.99. The summed E-state index contributed by atoms with van der Waals surface area (Å²) in [6, 6.07) is 8.05. The molecule has 0 aromatic heterocycles. The van der Waals surface area contributed by atoms with E-state index in [1.807, 2.05) is 6.92 Å². The van der Waals surface area contributed by atoms with Crippen molar-refractivity contribution in [3.8, 4) is 5.75 Å². The van der Waals surface area contributed by atoms with Crippen molar-refractivity contribution in [1.29, 1.82) is 0 Å². The lowest BCUT2D eigenvalue weighted by atomic mass is 9.83. The van der Waals surface area contributed by atoms with Crippen LogP contribution >= 0.6 is 11.8 Å². The number of phenolic OH excluding ortho intramolecular Hbond substituents is 1. The number of aromatic hydroxyl groups is 1. The van der Waals surface area contributed by atoms with Gasteiger partial charge in [0.05, 0.1) is 16.8 Å². The van der Waals surface area contributed by atoms with E-state index in [2.05, 4.69) is 0 Å². The number of carbonyl (C=O) groups excluding carboxylic acids is 2. The van der Waals surface area contributed by atoms with Gasteiger partial charge in [0, 0.05) is 16.0 Å². The van der Waals surface area contributed by atoms with Crippen LogP contribution in [0.3, 0.4) is 0 Å². The Morgan fingerprint density at radius 3 is 2.24 bits per heavy atom. The molecule has 0 atom stereocenters. The van der Waals surface area contributed by atoms with Crippen LogP contribution in [0.25, 0.3) is 0 Å². The summed E-state index contributed by atoms with van der Waals surface area (Å²) >= 11 is 1.42. The van der Waals surface area contributed by atoms with Crippen LogP contribution < -0.4 is 5.73 Å². The second-order valence-electron chi connectivity index (χ2n) is 4.69. The molecule has 3 rings (SSSR count). The minimum atomic E-state index is -0.363. The van der Waals surface area contributed by atoms with Gasteiger partial charge in [0.2, 0.25) is 0 Å². The molecule has 0 heterocycles. The molecule has 21 heavy (non-hydrogen) atoms. The van der Waals surface area contributed by atoms with Gasteiger partial charge < -0.3 is 10.8 Å². The zero-order valence-electron chi connectivity index (χ0n) is 11.3. The molecule has 3 N–H and O–H groups in total. The Morgan fingerprint density at radius 2 is 1.67 bits per heavy atom. The van der Waals surface area contributed by atoms with E-state index in [1.165, 1.54) is 17.8 Å². The molecule has 0 saturated heterocycles. The van der Waals surface area contributed by atoms with Crippen LogP contribution in [0.5, 0.6) is 5.75 Å². The minimum Gasteiger partial charge on any atom is -0.507 e. The molecule has 0 bridgehead atoms. The Balaban J connectivity index is 2.32. The van der Waals surface area contributed by atoms with Crippen molar-refractivity contribution in [1.82, 2.24) is 0 Å². The average Bonchev–Trinajstić information content (AvgIpc) is 2.48. The second kappa shape index (κ2) is 4.93. The van der Waals surface area contributed by atoms with E-state index in [-0.39, 0.29) is 34.1 Å². The molecule has 2 aromatic rings. The first-order valence-electron chi connectivity index (χ1n) is 6.53. The van der Waals surface area contributed by atoms with Gasteiger partial charge in [-0.2, -0.15) is 0 Å². The maximum absolute atomic E-state index is 12.6. The first-order chi connectivity index (χ1) is 10.1. The monoisotopic (exact) mass is 299 g/mol. The molecule has 1 aliphatic carbocycles. The number of thioether (sulfide) groups is 1. The number of ketones is 2. The number of nitrogen functional groups attached to an aromatic ring is 1. The molecular formula is C16H13NO3S. The van der Waals surface area contributed by atoms with Crippen LogP contribution in [-0.2, 0) is 0 Å². The number of hydrogen-bond acceptors (Lipinski definition) is 5. The maximum Gasteiger partial charge on any atom is 0.198 e. The molecule has 0 spiro atoms. The number of nitrogens with two attached hydrogens (primary N) is 1. The fraction of sp³-hybridized carbons (Fsp3) is 0.125. The van der Waals surface area contributed by atoms with Crippen LogP contribution in [0.1, 0.15) is 38.8 Å². The van der Waals surface area contributed by atoms with Crippen molar-refractivity contribution in [3.63, 3.8) is 0 Å². The van der Waals surface area contributed by atoms with Gasteiger partial charge in [0.25, 0.3) is 0 Å². The first-order valence-corrected chi connectivity index (χ1v) is 7.51. The highest BCUT2D eigenvalue weighted by Crippen LogP contribution is 2.41. The van der Waals surface area contributed by atoms with Crippen molar-refractivity contribution < 1.29 is 14.7 Å². The Kier molecular flexibility index (Phi) is 3.22. The van der Waals surface area contributed by atoms with Crippen molar-refractivity contribution in [2.75, 3.05) is 11.5 Å². The van der Waals surface area contributed by atoms with Gasteiger partial charge >= 0.3 is 0 Å². The number of rotatable bonds is 2. The molecule has 0 aliphatic heterocycles. The number of phenols is 1. The predicted octanol–water partition coefficient (Wildman–Crippen LogP) is 2.86. The van der Waals surface area contributed by atoms with Gasteiger partial charge in [-0.15, -0.1) is 11.8 Å². The third-order valence-corrected chi connectivity index (χ3v) is 4.42. The topological polar surface area (TPSA) is 80.4 Å². The highest BCUT2D eigenvalue weighted by Gasteiger charge is 2.34. The standard InChI is InChI=1S/C16H13NO3S/c1-2-21-11-7-10(18)12-13(14(11)17)16(20)9-6-4-3-5-8(9)15(12)19/h3-7,18H,2,17H2,1H3. The molecule has 106 valence electrons. The average molecular weight is 299 g/mol. The van der Waals surface area contributed by atoms with Crippen molar-refractivity contribution >= 4 is 29.0 Å². The molecule has 2 aromatic carbocycles. The third kappa shape index (κ3) is 1.93. The van der Waals surface area contributed by atoms with Gasteiger partial charge in [-0.25, -0.2) is 0 Å². The first kappa shape index (κ1) is 13.7. The van der Waals surface area contributed by atoms with Crippen LogP contribution in [0.15, 0.2) is 35.2 Å². The summed E-state index contributed by atoms with van der Waals surface area (Å²) in [5, 5.41) is 10.2. The van der Waals surface area contributed by atoms with Gasteiger partial charge in [-0.05, 0) is 11.8 Å². The van der Waals surface area contributed by atoms with Crippen LogP contribution in [0, 0.1) is 0 Å². The Morgan fingerprint density at radius 1 is 1.10 bits per heavy atom. The van der Waals surface area contributed by atoms with E-state index in [9.17, 15) is 14.7 Å². The van der Waals surface area contributed by atoms with E-state index < -0.39 is 0 Å². The molecule has 0 amide bonds. The zero-order chi connectivity index (χ0) is 15.1. The summed E-state index contributed by atoms with van der Waals surface area (Å²) in [5.74, 6) is -0.117.